The van der Waals surface area contributed by atoms with E-state index in [1.165, 1.54) is 31.2 Å². The van der Waals surface area contributed by atoms with Crippen molar-refractivity contribution in [3.63, 3.8) is 0 Å². The molecule has 2 rings (SSSR count). The first kappa shape index (κ1) is 15.3. The average molecular weight is 276 g/mol. The first-order chi connectivity index (χ1) is 9.54. The number of rotatable bonds is 5. The van der Waals surface area contributed by atoms with Crippen molar-refractivity contribution in [3.05, 3.63) is 29.8 Å². The molecule has 0 bridgehead atoms. The highest BCUT2D eigenvalue weighted by Crippen LogP contribution is 2.39. The summed E-state index contributed by atoms with van der Waals surface area (Å²) in [4.78, 5) is 0. The lowest BCUT2D eigenvalue weighted by molar-refractivity contribution is 0.161. The molecule has 3 N–H and O–H groups in total. The fourth-order valence-electron chi connectivity index (χ4n) is 3.24. The second-order valence-corrected chi connectivity index (χ2v) is 6.83. The molecular formula is C17H28N2O. The Morgan fingerprint density at radius 2 is 2.05 bits per heavy atom. The number of nitrogens with two attached hydrogens (primary N) is 1. The first-order valence-corrected chi connectivity index (χ1v) is 7.63. The van der Waals surface area contributed by atoms with Gasteiger partial charge >= 0.3 is 0 Å². The maximum absolute atomic E-state index is 5.81. The standard InChI is InChI=1S/C17H28N2O/c1-17(2)9-7-14(8-10-17)16(19-18)12-13-5-4-6-15(11-13)20-3/h4-6,11,14,16,19H,7-10,12,18H2,1-3H3. The van der Waals surface area contributed by atoms with E-state index < -0.39 is 0 Å². The molecule has 3 nitrogen and oxygen atoms in total. The van der Waals surface area contributed by atoms with E-state index >= 15 is 0 Å². The molecule has 0 radical (unpaired) electrons. The van der Waals surface area contributed by atoms with Crippen LogP contribution in [0.25, 0.3) is 0 Å². The summed E-state index contributed by atoms with van der Waals surface area (Å²) in [6.07, 6.45) is 6.11. The number of methoxy groups -OCH3 is 1. The quantitative estimate of drug-likeness (QED) is 0.641. The molecule has 112 valence electrons. The topological polar surface area (TPSA) is 47.3 Å². The smallest absolute Gasteiger partial charge is 0.119 e. The molecule has 1 aliphatic carbocycles. The van der Waals surface area contributed by atoms with Crippen molar-refractivity contribution in [1.29, 1.82) is 0 Å². The van der Waals surface area contributed by atoms with E-state index in [0.29, 0.717) is 17.4 Å². The Labute approximate surface area is 122 Å². The number of hydrogen-bond donors (Lipinski definition) is 2. The van der Waals surface area contributed by atoms with Crippen LogP contribution in [0.5, 0.6) is 5.75 Å². The number of hydrogen-bond acceptors (Lipinski definition) is 3. The minimum atomic E-state index is 0.359. The van der Waals surface area contributed by atoms with Gasteiger partial charge in [0.1, 0.15) is 5.75 Å². The van der Waals surface area contributed by atoms with Gasteiger partial charge in [0.2, 0.25) is 0 Å². The van der Waals surface area contributed by atoms with Crippen LogP contribution in [-0.4, -0.2) is 13.2 Å². The lowest BCUT2D eigenvalue weighted by atomic mass is 9.70. The van der Waals surface area contributed by atoms with Gasteiger partial charge in [-0.1, -0.05) is 26.0 Å². The van der Waals surface area contributed by atoms with Gasteiger partial charge in [0.15, 0.2) is 0 Å². The number of hydrazine groups is 1. The lowest BCUT2D eigenvalue weighted by Crippen LogP contribution is -2.44. The molecule has 20 heavy (non-hydrogen) atoms. The molecule has 1 aromatic rings. The molecule has 0 saturated heterocycles. The molecule has 1 aliphatic rings. The summed E-state index contributed by atoms with van der Waals surface area (Å²) in [6.45, 7) is 4.74. The van der Waals surface area contributed by atoms with Crippen LogP contribution in [0.4, 0.5) is 0 Å². The molecule has 3 heteroatoms. The Balaban J connectivity index is 1.98. The van der Waals surface area contributed by atoms with Gasteiger partial charge in [-0.3, -0.25) is 11.3 Å². The number of ether oxygens (including phenoxy) is 1. The van der Waals surface area contributed by atoms with Gasteiger partial charge in [0, 0.05) is 6.04 Å². The molecule has 0 spiro atoms. The molecule has 1 saturated carbocycles. The number of benzene rings is 1. The molecule has 0 aromatic heterocycles. The summed E-state index contributed by atoms with van der Waals surface area (Å²) in [5.41, 5.74) is 4.84. The fourth-order valence-corrected chi connectivity index (χ4v) is 3.24. The lowest BCUT2D eigenvalue weighted by Gasteiger charge is -2.37. The van der Waals surface area contributed by atoms with E-state index in [9.17, 15) is 0 Å². The highest BCUT2D eigenvalue weighted by Gasteiger charge is 2.30. The molecular weight excluding hydrogens is 248 g/mol. The molecule has 0 aliphatic heterocycles. The Hall–Kier alpha value is -1.06. The van der Waals surface area contributed by atoms with Crippen molar-refractivity contribution in [2.24, 2.45) is 17.2 Å². The van der Waals surface area contributed by atoms with Gasteiger partial charge in [0.05, 0.1) is 7.11 Å². The van der Waals surface area contributed by atoms with Crippen LogP contribution in [-0.2, 0) is 6.42 Å². The van der Waals surface area contributed by atoms with Gasteiger partial charge < -0.3 is 4.74 Å². The second-order valence-electron chi connectivity index (χ2n) is 6.83. The fraction of sp³-hybridized carbons (Fsp3) is 0.647. The van der Waals surface area contributed by atoms with E-state index in [-0.39, 0.29) is 0 Å². The van der Waals surface area contributed by atoms with Crippen molar-refractivity contribution in [2.45, 2.75) is 52.0 Å². The van der Waals surface area contributed by atoms with E-state index in [4.69, 9.17) is 10.6 Å². The molecule has 1 aromatic carbocycles. The monoisotopic (exact) mass is 276 g/mol. The largest absolute Gasteiger partial charge is 0.497 e. The zero-order valence-corrected chi connectivity index (χ0v) is 13.0. The van der Waals surface area contributed by atoms with Crippen LogP contribution in [0.2, 0.25) is 0 Å². The molecule has 1 atom stereocenters. The van der Waals surface area contributed by atoms with E-state index in [1.807, 2.05) is 12.1 Å². The van der Waals surface area contributed by atoms with E-state index in [2.05, 4.69) is 31.4 Å². The minimum Gasteiger partial charge on any atom is -0.497 e. The van der Waals surface area contributed by atoms with Crippen molar-refractivity contribution >= 4 is 0 Å². The predicted octanol–water partition coefficient (Wildman–Crippen LogP) is 3.29. The Kier molecular flexibility index (Phi) is 5.06. The Morgan fingerprint density at radius 3 is 2.65 bits per heavy atom. The maximum Gasteiger partial charge on any atom is 0.119 e. The Morgan fingerprint density at radius 1 is 1.35 bits per heavy atom. The number of nitrogens with one attached hydrogen (secondary N) is 1. The maximum atomic E-state index is 5.81. The normalized spacial score (nSPS) is 20.6. The average Bonchev–Trinajstić information content (AvgIpc) is 2.45. The van der Waals surface area contributed by atoms with E-state index in [1.54, 1.807) is 7.11 Å². The van der Waals surface area contributed by atoms with Gasteiger partial charge in [0.25, 0.3) is 0 Å². The third kappa shape index (κ3) is 3.97. The van der Waals surface area contributed by atoms with Crippen molar-refractivity contribution in [1.82, 2.24) is 5.43 Å². The first-order valence-electron chi connectivity index (χ1n) is 7.63. The highest BCUT2D eigenvalue weighted by atomic mass is 16.5. The summed E-state index contributed by atoms with van der Waals surface area (Å²) in [6, 6.07) is 8.65. The van der Waals surface area contributed by atoms with Gasteiger partial charge in [-0.25, -0.2) is 0 Å². The van der Waals surface area contributed by atoms with Crippen LogP contribution < -0.4 is 16.0 Å². The molecule has 1 unspecified atom stereocenters. The van der Waals surface area contributed by atoms with Crippen molar-refractivity contribution in [2.75, 3.05) is 7.11 Å². The van der Waals surface area contributed by atoms with Crippen molar-refractivity contribution in [3.8, 4) is 5.75 Å². The third-order valence-corrected chi connectivity index (χ3v) is 4.76. The molecule has 1 fully saturated rings. The zero-order chi connectivity index (χ0) is 14.6. The van der Waals surface area contributed by atoms with Crippen LogP contribution in [0.1, 0.15) is 45.1 Å². The van der Waals surface area contributed by atoms with Gasteiger partial charge in [-0.2, -0.15) is 0 Å². The van der Waals surface area contributed by atoms with E-state index in [0.717, 1.165) is 12.2 Å². The summed E-state index contributed by atoms with van der Waals surface area (Å²) < 4.78 is 5.29. The third-order valence-electron chi connectivity index (χ3n) is 4.76. The molecule has 0 amide bonds. The SMILES string of the molecule is COc1cccc(CC(NN)C2CCC(C)(C)CC2)c1. The predicted molar refractivity (Wildman–Crippen MR) is 83.5 cm³/mol. The van der Waals surface area contributed by atoms with Gasteiger partial charge in [-0.15, -0.1) is 0 Å². The van der Waals surface area contributed by atoms with Crippen LogP contribution in [0, 0.1) is 11.3 Å². The summed E-state index contributed by atoms with van der Waals surface area (Å²) in [5, 5.41) is 0. The Bertz CT molecular complexity index is 421. The summed E-state index contributed by atoms with van der Waals surface area (Å²) >= 11 is 0. The summed E-state index contributed by atoms with van der Waals surface area (Å²) in [7, 11) is 1.71. The van der Waals surface area contributed by atoms with Crippen LogP contribution in [0.3, 0.4) is 0 Å². The van der Waals surface area contributed by atoms with Gasteiger partial charge in [-0.05, 0) is 61.1 Å². The second kappa shape index (κ2) is 6.59. The zero-order valence-electron chi connectivity index (χ0n) is 13.0. The highest BCUT2D eigenvalue weighted by molar-refractivity contribution is 5.29. The van der Waals surface area contributed by atoms with Crippen LogP contribution in [0.15, 0.2) is 24.3 Å². The minimum absolute atomic E-state index is 0.359. The summed E-state index contributed by atoms with van der Waals surface area (Å²) in [5.74, 6) is 7.41. The van der Waals surface area contributed by atoms with Crippen LogP contribution >= 0.6 is 0 Å². The van der Waals surface area contributed by atoms with Crippen molar-refractivity contribution < 1.29 is 4.74 Å². The molecule has 0 heterocycles.